The second-order valence-corrected chi connectivity index (χ2v) is 6.80. The molecule has 1 saturated heterocycles. The number of aryl methyl sites for hydroxylation is 1. The first kappa shape index (κ1) is 19.1. The molecule has 1 aromatic heterocycles. The molecule has 0 N–H and O–H groups in total. The Morgan fingerprint density at radius 1 is 1.15 bits per heavy atom. The number of likely N-dealkylation sites (tertiary alicyclic amines) is 1. The van der Waals surface area contributed by atoms with E-state index in [-0.39, 0.29) is 5.97 Å². The third kappa shape index (κ3) is 5.38. The van der Waals surface area contributed by atoms with Crippen LogP contribution in [0.5, 0.6) is 0 Å². The van der Waals surface area contributed by atoms with Crippen LogP contribution in [0.25, 0.3) is 11.6 Å². The fourth-order valence-corrected chi connectivity index (χ4v) is 3.20. The molecule has 0 bridgehead atoms. The molecule has 1 aliphatic rings. The van der Waals surface area contributed by atoms with Gasteiger partial charge in [0.2, 0.25) is 0 Å². The molecule has 0 unspecified atom stereocenters. The van der Waals surface area contributed by atoms with Crippen LogP contribution in [0.1, 0.15) is 35.4 Å². The van der Waals surface area contributed by atoms with Crippen LogP contribution < -0.4 is 0 Å². The molecule has 0 saturated carbocycles. The smallest absolute Gasteiger partial charge is 0.330 e. The molecule has 1 fully saturated rings. The van der Waals surface area contributed by atoms with Crippen molar-refractivity contribution >= 4 is 17.6 Å². The number of pyridine rings is 1. The van der Waals surface area contributed by atoms with Gasteiger partial charge in [0.15, 0.2) is 0 Å². The zero-order chi connectivity index (χ0) is 19.1. The van der Waals surface area contributed by atoms with Crippen molar-refractivity contribution in [1.82, 2.24) is 9.88 Å². The first-order chi connectivity index (χ1) is 13.2. The van der Waals surface area contributed by atoms with E-state index >= 15 is 0 Å². The van der Waals surface area contributed by atoms with Crippen LogP contribution in [0, 0.1) is 6.92 Å². The summed E-state index contributed by atoms with van der Waals surface area (Å²) in [6, 6.07) is 14.4. The largest absolute Gasteiger partial charge is 0.466 e. The fraction of sp³-hybridized carbons (Fsp3) is 0.304. The maximum absolute atomic E-state index is 11.4. The summed E-state index contributed by atoms with van der Waals surface area (Å²) in [5.41, 5.74) is 5.15. The Labute approximate surface area is 161 Å². The van der Waals surface area contributed by atoms with E-state index in [1.807, 2.05) is 18.2 Å². The lowest BCUT2D eigenvalue weighted by Gasteiger charge is -2.14. The summed E-state index contributed by atoms with van der Waals surface area (Å²) in [6.45, 7) is 5.33. The number of esters is 1. The minimum Gasteiger partial charge on any atom is -0.466 e. The van der Waals surface area contributed by atoms with Crippen molar-refractivity contribution < 1.29 is 9.53 Å². The summed E-state index contributed by atoms with van der Waals surface area (Å²) in [5.74, 6) is -0.384. The van der Waals surface area contributed by atoms with Crippen LogP contribution in [-0.4, -0.2) is 42.6 Å². The monoisotopic (exact) mass is 362 g/mol. The number of aromatic nitrogens is 1. The molecule has 0 atom stereocenters. The highest BCUT2D eigenvalue weighted by Crippen LogP contribution is 2.23. The average molecular weight is 362 g/mol. The van der Waals surface area contributed by atoms with Crippen LogP contribution in [0.4, 0.5) is 0 Å². The van der Waals surface area contributed by atoms with Crippen LogP contribution in [0.2, 0.25) is 0 Å². The van der Waals surface area contributed by atoms with Crippen LogP contribution in [0.3, 0.4) is 0 Å². The third-order valence-electron chi connectivity index (χ3n) is 4.75. The fourth-order valence-electron chi connectivity index (χ4n) is 3.20. The molecule has 0 spiro atoms. The molecule has 3 rings (SSSR count). The summed E-state index contributed by atoms with van der Waals surface area (Å²) in [5, 5.41) is 0. The van der Waals surface area contributed by atoms with Gasteiger partial charge in [0.1, 0.15) is 0 Å². The quantitative estimate of drug-likeness (QED) is 0.573. The molecular weight excluding hydrogens is 336 g/mol. The Kier molecular flexibility index (Phi) is 6.55. The van der Waals surface area contributed by atoms with Gasteiger partial charge in [-0.25, -0.2) is 9.78 Å². The Morgan fingerprint density at radius 3 is 2.59 bits per heavy atom. The van der Waals surface area contributed by atoms with Crippen molar-refractivity contribution in [1.29, 1.82) is 0 Å². The highest BCUT2D eigenvalue weighted by Gasteiger charge is 2.12. The number of nitrogens with zero attached hydrogens (tertiary/aromatic N) is 2. The summed E-state index contributed by atoms with van der Waals surface area (Å²) in [7, 11) is 1.37. The van der Waals surface area contributed by atoms with Crippen LogP contribution in [-0.2, 0) is 9.53 Å². The molecule has 140 valence electrons. The van der Waals surface area contributed by atoms with Gasteiger partial charge in [0, 0.05) is 18.2 Å². The lowest BCUT2D eigenvalue weighted by Crippen LogP contribution is -2.19. The van der Waals surface area contributed by atoms with Crippen LogP contribution >= 0.6 is 0 Å². The predicted molar refractivity (Wildman–Crippen MR) is 109 cm³/mol. The van der Waals surface area contributed by atoms with E-state index in [0.717, 1.165) is 42.2 Å². The second kappa shape index (κ2) is 9.28. The van der Waals surface area contributed by atoms with Gasteiger partial charge in [-0.1, -0.05) is 42.0 Å². The molecule has 0 amide bonds. The third-order valence-corrected chi connectivity index (χ3v) is 4.75. The lowest BCUT2D eigenvalue weighted by molar-refractivity contribution is -0.134. The highest BCUT2D eigenvalue weighted by molar-refractivity contribution is 5.86. The maximum Gasteiger partial charge on any atom is 0.330 e. The summed E-state index contributed by atoms with van der Waals surface area (Å²) in [6.07, 6.45) is 7.90. The van der Waals surface area contributed by atoms with Gasteiger partial charge in [-0.3, -0.25) is 4.90 Å². The number of carbonyl (C=O) groups excluding carboxylic acids is 1. The van der Waals surface area contributed by atoms with E-state index in [1.54, 1.807) is 6.08 Å². The van der Waals surface area contributed by atoms with E-state index in [9.17, 15) is 4.79 Å². The Hall–Kier alpha value is -2.72. The van der Waals surface area contributed by atoms with Crippen molar-refractivity contribution in [2.24, 2.45) is 0 Å². The average Bonchev–Trinajstić information content (AvgIpc) is 3.21. The van der Waals surface area contributed by atoms with E-state index < -0.39 is 0 Å². The summed E-state index contributed by atoms with van der Waals surface area (Å²) >= 11 is 0. The molecule has 27 heavy (non-hydrogen) atoms. The van der Waals surface area contributed by atoms with E-state index in [4.69, 9.17) is 4.98 Å². The summed E-state index contributed by atoms with van der Waals surface area (Å²) in [4.78, 5) is 18.6. The van der Waals surface area contributed by atoms with Gasteiger partial charge >= 0.3 is 5.97 Å². The number of ether oxygens (including phenoxy) is 1. The van der Waals surface area contributed by atoms with Gasteiger partial charge < -0.3 is 4.74 Å². The molecule has 1 aliphatic heterocycles. The minimum atomic E-state index is -0.384. The number of rotatable bonds is 6. The van der Waals surface area contributed by atoms with Gasteiger partial charge in [-0.2, -0.15) is 0 Å². The van der Waals surface area contributed by atoms with E-state index in [1.165, 1.54) is 31.6 Å². The maximum atomic E-state index is 11.4. The zero-order valence-corrected chi connectivity index (χ0v) is 16.0. The first-order valence-corrected chi connectivity index (χ1v) is 9.39. The predicted octanol–water partition coefficient (Wildman–Crippen LogP) is 4.10. The van der Waals surface area contributed by atoms with Crippen molar-refractivity contribution in [2.45, 2.75) is 19.8 Å². The SMILES string of the molecule is COC(=O)/C=C/c1cccc(/C(=C/CN2CCCC2)c2ccc(C)cc2)n1. The topological polar surface area (TPSA) is 42.4 Å². The van der Waals surface area contributed by atoms with Gasteiger partial charge in [0.05, 0.1) is 18.5 Å². The standard InChI is InChI=1S/C23H26N2O2/c1-18-8-10-19(11-9-18)21(14-17-25-15-3-4-16-25)22-7-5-6-20(24-22)12-13-23(26)27-2/h5-14H,3-4,15-17H2,1-2H3/b13-12+,21-14+. The molecular formula is C23H26N2O2. The Bertz CT molecular complexity index is 832. The lowest BCUT2D eigenvalue weighted by atomic mass is 10.00. The van der Waals surface area contributed by atoms with E-state index in [2.05, 4.69) is 46.9 Å². The Morgan fingerprint density at radius 2 is 1.89 bits per heavy atom. The van der Waals surface area contributed by atoms with Crippen molar-refractivity contribution in [3.8, 4) is 0 Å². The number of benzene rings is 1. The zero-order valence-electron chi connectivity index (χ0n) is 16.0. The minimum absolute atomic E-state index is 0.384. The molecule has 4 heteroatoms. The van der Waals surface area contributed by atoms with Gasteiger partial charge in [-0.05, 0) is 56.6 Å². The van der Waals surface area contributed by atoms with Crippen molar-refractivity contribution in [3.05, 3.63) is 77.1 Å². The van der Waals surface area contributed by atoms with Gasteiger partial charge in [0.25, 0.3) is 0 Å². The molecule has 0 aliphatic carbocycles. The molecule has 1 aromatic carbocycles. The number of hydrogen-bond acceptors (Lipinski definition) is 4. The molecule has 0 radical (unpaired) electrons. The van der Waals surface area contributed by atoms with E-state index in [0.29, 0.717) is 0 Å². The second-order valence-electron chi connectivity index (χ2n) is 6.80. The molecule has 2 aromatic rings. The first-order valence-electron chi connectivity index (χ1n) is 9.39. The molecule has 2 heterocycles. The highest BCUT2D eigenvalue weighted by atomic mass is 16.5. The Balaban J connectivity index is 1.92. The number of methoxy groups -OCH3 is 1. The van der Waals surface area contributed by atoms with Crippen LogP contribution in [0.15, 0.2) is 54.6 Å². The number of carbonyl (C=O) groups is 1. The normalized spacial score (nSPS) is 15.4. The van der Waals surface area contributed by atoms with Crippen molar-refractivity contribution in [3.63, 3.8) is 0 Å². The summed E-state index contributed by atoms with van der Waals surface area (Å²) < 4.78 is 4.66. The van der Waals surface area contributed by atoms with Gasteiger partial charge in [-0.15, -0.1) is 0 Å². The van der Waals surface area contributed by atoms with Crippen molar-refractivity contribution in [2.75, 3.05) is 26.7 Å². The number of hydrogen-bond donors (Lipinski definition) is 0. The molecule has 4 nitrogen and oxygen atoms in total.